The predicted molar refractivity (Wildman–Crippen MR) is 180 cm³/mol. The van der Waals surface area contributed by atoms with Crippen LogP contribution in [0.15, 0.2) is 77.7 Å². The minimum Gasteiger partial charge on any atom is -0.488 e. The summed E-state index contributed by atoms with van der Waals surface area (Å²) in [7, 11) is 0. The van der Waals surface area contributed by atoms with Crippen molar-refractivity contribution in [2.75, 3.05) is 29.6 Å². The average molecular weight is 651 g/mol. The highest BCUT2D eigenvalue weighted by molar-refractivity contribution is 7.90. The van der Waals surface area contributed by atoms with Gasteiger partial charge in [0, 0.05) is 23.0 Å². The molecule has 0 aromatic heterocycles. The molecular weight excluding hydrogens is 609 g/mol. The van der Waals surface area contributed by atoms with E-state index in [0.29, 0.717) is 28.6 Å². The Hall–Kier alpha value is -4.35. The molecule has 0 radical (unpaired) electrons. The van der Waals surface area contributed by atoms with Gasteiger partial charge in [-0.25, -0.2) is 14.0 Å². The maximum absolute atomic E-state index is 13.8. The van der Waals surface area contributed by atoms with Gasteiger partial charge in [-0.1, -0.05) is 43.7 Å². The summed E-state index contributed by atoms with van der Waals surface area (Å²) in [6.07, 6.45) is 8.05. The summed E-state index contributed by atoms with van der Waals surface area (Å²) in [6.45, 7) is 2.14. The van der Waals surface area contributed by atoms with Crippen molar-refractivity contribution in [3.8, 4) is 5.75 Å². The molecule has 3 aromatic carbocycles. The fraction of sp³-hybridized carbons (Fsp3) is 0.343. The fourth-order valence-corrected chi connectivity index (χ4v) is 5.72. The van der Waals surface area contributed by atoms with Crippen molar-refractivity contribution in [3.63, 3.8) is 0 Å². The number of nitrogens with one attached hydrogen (secondary N) is 2. The van der Waals surface area contributed by atoms with Gasteiger partial charge in [0.25, 0.3) is 5.91 Å². The molecule has 0 fully saturated rings. The van der Waals surface area contributed by atoms with Gasteiger partial charge < -0.3 is 20.5 Å². The number of rotatable bonds is 14. The van der Waals surface area contributed by atoms with Crippen LogP contribution in [-0.4, -0.2) is 53.1 Å². The number of carbonyl (C=O) groups is 3. The lowest BCUT2D eigenvalue weighted by Gasteiger charge is -2.24. The van der Waals surface area contributed by atoms with E-state index in [1.807, 2.05) is 24.3 Å². The van der Waals surface area contributed by atoms with Gasteiger partial charge in [-0.15, -0.1) is 0 Å². The SMILES string of the molecule is CCCCOc1ccc(NC(=O)N(Cc2ccc(C(=O)NCC(F)C(=O)O)cc2)c2ccc(C3=CCCCC3)cc2)cc1[S+](C)O. The number of hydrogen-bond donors (Lipinski definition) is 4. The van der Waals surface area contributed by atoms with Crippen molar-refractivity contribution in [1.29, 1.82) is 0 Å². The maximum atomic E-state index is 13.8. The Morgan fingerprint density at radius 2 is 1.78 bits per heavy atom. The lowest BCUT2D eigenvalue weighted by molar-refractivity contribution is -0.142. The Morgan fingerprint density at radius 1 is 1.04 bits per heavy atom. The zero-order chi connectivity index (χ0) is 33.1. The van der Waals surface area contributed by atoms with Crippen molar-refractivity contribution in [2.24, 2.45) is 0 Å². The number of benzene rings is 3. The van der Waals surface area contributed by atoms with Crippen molar-refractivity contribution in [1.82, 2.24) is 5.32 Å². The first-order valence-corrected chi connectivity index (χ1v) is 17.0. The number of halogens is 1. The summed E-state index contributed by atoms with van der Waals surface area (Å²) in [4.78, 5) is 39.1. The van der Waals surface area contributed by atoms with E-state index < -0.39 is 41.8 Å². The van der Waals surface area contributed by atoms with Gasteiger partial charge in [-0.2, -0.15) is 4.55 Å². The first-order chi connectivity index (χ1) is 22.2. The quantitative estimate of drug-likeness (QED) is 0.107. The summed E-state index contributed by atoms with van der Waals surface area (Å²) >= 11 is -1.10. The van der Waals surface area contributed by atoms with Crippen LogP contribution in [0.5, 0.6) is 5.75 Å². The van der Waals surface area contributed by atoms with Crippen LogP contribution in [-0.2, 0) is 22.5 Å². The largest absolute Gasteiger partial charge is 0.488 e. The van der Waals surface area contributed by atoms with Gasteiger partial charge in [0.05, 0.1) is 19.7 Å². The molecule has 0 spiro atoms. The van der Waals surface area contributed by atoms with Gasteiger partial charge in [0.2, 0.25) is 11.1 Å². The first kappa shape index (κ1) is 34.5. The number of carbonyl (C=O) groups excluding carboxylic acids is 2. The van der Waals surface area contributed by atoms with Gasteiger partial charge >= 0.3 is 12.0 Å². The monoisotopic (exact) mass is 650 g/mol. The van der Waals surface area contributed by atoms with Gasteiger partial charge in [0.1, 0.15) is 6.26 Å². The molecule has 0 heterocycles. The average Bonchev–Trinajstić information content (AvgIpc) is 3.07. The molecule has 2 unspecified atom stereocenters. The molecule has 46 heavy (non-hydrogen) atoms. The van der Waals surface area contributed by atoms with Crippen LogP contribution in [0.2, 0.25) is 0 Å². The molecule has 3 amide bonds. The number of hydrogen-bond acceptors (Lipinski definition) is 5. The Morgan fingerprint density at radius 3 is 2.41 bits per heavy atom. The fourth-order valence-electron chi connectivity index (χ4n) is 5.01. The number of ether oxygens (including phenoxy) is 1. The molecule has 4 rings (SSSR count). The molecule has 0 aliphatic heterocycles. The van der Waals surface area contributed by atoms with Crippen LogP contribution in [0, 0.1) is 0 Å². The zero-order valence-electron chi connectivity index (χ0n) is 26.1. The third-order valence-corrected chi connectivity index (χ3v) is 8.58. The Labute approximate surface area is 272 Å². The van der Waals surface area contributed by atoms with Crippen molar-refractivity contribution in [2.45, 2.75) is 63.1 Å². The Bertz CT molecular complexity index is 1530. The summed E-state index contributed by atoms with van der Waals surface area (Å²) in [5.74, 6) is -1.66. The number of carboxylic acids is 1. The van der Waals surface area contributed by atoms with Crippen LogP contribution in [0.4, 0.5) is 20.6 Å². The smallest absolute Gasteiger partial charge is 0.340 e. The molecule has 0 saturated carbocycles. The van der Waals surface area contributed by atoms with E-state index in [1.165, 1.54) is 12.0 Å². The number of anilines is 2. The van der Waals surface area contributed by atoms with Gasteiger partial charge in [-0.3, -0.25) is 9.69 Å². The number of allylic oxidation sites excluding steroid dienone is 2. The van der Waals surface area contributed by atoms with Crippen molar-refractivity contribution >= 4 is 46.0 Å². The van der Waals surface area contributed by atoms with Crippen molar-refractivity contribution < 1.29 is 33.2 Å². The Balaban J connectivity index is 1.55. The molecule has 244 valence electrons. The second kappa shape index (κ2) is 16.8. The van der Waals surface area contributed by atoms with Gasteiger partial charge in [-0.05, 0) is 85.2 Å². The number of unbranched alkanes of at least 4 members (excludes halogenated alkanes) is 1. The highest BCUT2D eigenvalue weighted by Gasteiger charge is 2.23. The molecule has 0 saturated heterocycles. The minimum absolute atomic E-state index is 0.171. The zero-order valence-corrected chi connectivity index (χ0v) is 26.9. The van der Waals surface area contributed by atoms with Crippen LogP contribution in [0.25, 0.3) is 5.57 Å². The molecule has 9 nitrogen and oxygen atoms in total. The summed E-state index contributed by atoms with van der Waals surface area (Å²) in [5, 5.41) is 13.9. The number of urea groups is 1. The van der Waals surface area contributed by atoms with E-state index in [1.54, 1.807) is 53.6 Å². The second-order valence-electron chi connectivity index (χ2n) is 11.1. The standard InChI is InChI=1S/C35H40FN3O6S/c1-3-4-20-45-31-19-16-28(21-32(31)46(2)44)38-35(43)39(29-17-14-26(15-18-29)25-8-6-5-7-9-25)23-24-10-12-27(13-11-24)33(40)37-22-30(36)34(41)42/h8,10-19,21,30,44H,3-7,9,20,22-23H2,1-2H3,(H2-,37,38,40,41,42,43)/p+1. The lowest BCUT2D eigenvalue weighted by atomic mass is 9.93. The van der Waals surface area contributed by atoms with E-state index in [-0.39, 0.29) is 12.1 Å². The Kier molecular flexibility index (Phi) is 12.6. The third kappa shape index (κ3) is 9.58. The van der Waals surface area contributed by atoms with Crippen LogP contribution >= 0.6 is 0 Å². The first-order valence-electron chi connectivity index (χ1n) is 15.4. The minimum atomic E-state index is -2.20. The van der Waals surface area contributed by atoms with Gasteiger partial charge in [0.15, 0.2) is 16.9 Å². The molecule has 3 aromatic rings. The molecule has 1 aliphatic rings. The molecular formula is C35H41FN3O6S+. The predicted octanol–water partition coefficient (Wildman–Crippen LogP) is 7.29. The van der Waals surface area contributed by atoms with Crippen molar-refractivity contribution in [3.05, 3.63) is 89.5 Å². The number of nitrogens with zero attached hydrogens (tertiary/aromatic N) is 1. The highest BCUT2D eigenvalue weighted by atomic mass is 32.2. The highest BCUT2D eigenvalue weighted by Crippen LogP contribution is 2.30. The van der Waals surface area contributed by atoms with Crippen LogP contribution in [0.3, 0.4) is 0 Å². The molecule has 11 heteroatoms. The lowest BCUT2D eigenvalue weighted by Crippen LogP contribution is -2.35. The van der Waals surface area contributed by atoms with E-state index in [0.717, 1.165) is 43.2 Å². The number of amides is 3. The third-order valence-electron chi connectivity index (χ3n) is 7.62. The second-order valence-corrected chi connectivity index (χ2v) is 12.5. The van der Waals surface area contributed by atoms with E-state index in [9.17, 15) is 23.3 Å². The topological polar surface area (TPSA) is 128 Å². The molecule has 0 bridgehead atoms. The molecule has 4 N–H and O–H groups in total. The molecule has 1 aliphatic carbocycles. The molecule has 2 atom stereocenters. The van der Waals surface area contributed by atoms with Crippen LogP contribution in [0.1, 0.15) is 66.9 Å². The van der Waals surface area contributed by atoms with E-state index in [2.05, 4.69) is 23.6 Å². The van der Waals surface area contributed by atoms with Crippen LogP contribution < -0.4 is 20.3 Å². The number of carboxylic acid groups (broad SMARTS) is 1. The summed E-state index contributed by atoms with van der Waals surface area (Å²) in [6, 6.07) is 19.1. The van der Waals surface area contributed by atoms with E-state index >= 15 is 0 Å². The number of alkyl halides is 1. The maximum Gasteiger partial charge on any atom is 0.340 e. The summed E-state index contributed by atoms with van der Waals surface area (Å²) in [5.41, 5.74) is 4.56. The number of aliphatic carboxylic acids is 1. The normalized spacial score (nSPS) is 14.0. The summed E-state index contributed by atoms with van der Waals surface area (Å²) < 4.78 is 29.7. The van der Waals surface area contributed by atoms with E-state index in [4.69, 9.17) is 9.84 Å².